The first-order valence-electron chi connectivity index (χ1n) is 5.91. The lowest BCUT2D eigenvalue weighted by atomic mass is 10.2. The molecule has 0 saturated heterocycles. The zero-order valence-corrected chi connectivity index (χ0v) is 12.5. The van der Waals surface area contributed by atoms with E-state index in [0.717, 1.165) is 0 Å². The number of carbonyl (C=O) groups is 1. The van der Waals surface area contributed by atoms with E-state index in [1.165, 1.54) is 30.7 Å². The average molecular weight is 330 g/mol. The van der Waals surface area contributed by atoms with E-state index in [1.807, 2.05) is 6.92 Å². The van der Waals surface area contributed by atoms with E-state index in [1.54, 1.807) is 4.57 Å². The van der Waals surface area contributed by atoms with E-state index >= 15 is 0 Å². The first kappa shape index (κ1) is 15.3. The fraction of sp³-hybridized carbons (Fsp3) is 0.167. The number of carboxylic acid groups (broad SMARTS) is 1. The van der Waals surface area contributed by atoms with Gasteiger partial charge in [0.25, 0.3) is 10.0 Å². The van der Waals surface area contributed by atoms with Gasteiger partial charge in [0.2, 0.25) is 0 Å². The van der Waals surface area contributed by atoms with Gasteiger partial charge in [0.05, 0.1) is 22.6 Å². The molecule has 7 nitrogen and oxygen atoms in total. The van der Waals surface area contributed by atoms with Crippen LogP contribution in [-0.2, 0) is 16.6 Å². The van der Waals surface area contributed by atoms with Crippen LogP contribution in [0.25, 0.3) is 0 Å². The first-order valence-corrected chi connectivity index (χ1v) is 7.77. The molecule has 9 heteroatoms. The van der Waals surface area contributed by atoms with Gasteiger partial charge in [0, 0.05) is 12.7 Å². The predicted molar refractivity (Wildman–Crippen MR) is 77.1 cm³/mol. The Morgan fingerprint density at radius 1 is 1.48 bits per heavy atom. The Morgan fingerprint density at radius 2 is 2.19 bits per heavy atom. The number of hydrogen-bond donors (Lipinski definition) is 2. The zero-order valence-electron chi connectivity index (χ0n) is 10.9. The minimum absolute atomic E-state index is 0.00611. The number of aromatic carboxylic acids is 1. The summed E-state index contributed by atoms with van der Waals surface area (Å²) in [5.74, 6) is -1.28. The number of carboxylic acids is 1. The molecule has 2 N–H and O–H groups in total. The molecule has 0 spiro atoms. The van der Waals surface area contributed by atoms with Gasteiger partial charge in [-0.1, -0.05) is 17.7 Å². The van der Waals surface area contributed by atoms with Crippen molar-refractivity contribution in [1.82, 2.24) is 9.55 Å². The summed E-state index contributed by atoms with van der Waals surface area (Å²) >= 11 is 5.88. The van der Waals surface area contributed by atoms with Gasteiger partial charge in [-0.05, 0) is 19.1 Å². The Labute approximate surface area is 126 Å². The molecular weight excluding hydrogens is 318 g/mol. The van der Waals surface area contributed by atoms with Gasteiger partial charge in [0.15, 0.2) is 5.03 Å². The molecule has 0 saturated carbocycles. The molecule has 0 fully saturated rings. The number of hydrogen-bond acceptors (Lipinski definition) is 4. The van der Waals surface area contributed by atoms with Gasteiger partial charge in [-0.25, -0.2) is 9.78 Å². The number of halogens is 1. The van der Waals surface area contributed by atoms with Crippen LogP contribution < -0.4 is 4.72 Å². The van der Waals surface area contributed by atoms with Crippen LogP contribution in [0, 0.1) is 0 Å². The number of nitrogens with zero attached hydrogens (tertiary/aromatic N) is 2. The maximum Gasteiger partial charge on any atom is 0.337 e. The summed E-state index contributed by atoms with van der Waals surface area (Å²) in [6.07, 6.45) is 2.72. The van der Waals surface area contributed by atoms with Gasteiger partial charge >= 0.3 is 5.97 Å². The number of para-hydroxylation sites is 1. The maximum atomic E-state index is 12.2. The topological polar surface area (TPSA) is 101 Å². The highest BCUT2D eigenvalue weighted by Gasteiger charge is 2.22. The van der Waals surface area contributed by atoms with Crippen LogP contribution in [0.15, 0.2) is 35.7 Å². The standard InChI is InChI=1S/C12H12ClN3O4S/c1-2-16-6-10(14-7-16)21(19,20)15-11-8(12(17)18)4-3-5-9(11)13/h3-7,15H,2H2,1H3,(H,17,18). The molecule has 0 aliphatic rings. The van der Waals surface area contributed by atoms with Crippen molar-refractivity contribution >= 4 is 33.3 Å². The molecule has 2 rings (SSSR count). The van der Waals surface area contributed by atoms with Crippen molar-refractivity contribution < 1.29 is 18.3 Å². The number of anilines is 1. The highest BCUT2D eigenvalue weighted by molar-refractivity contribution is 7.92. The maximum absolute atomic E-state index is 12.2. The summed E-state index contributed by atoms with van der Waals surface area (Å²) < 4.78 is 28.2. The fourth-order valence-corrected chi connectivity index (χ4v) is 2.98. The summed E-state index contributed by atoms with van der Waals surface area (Å²) in [5.41, 5.74) is -0.418. The third-order valence-electron chi connectivity index (χ3n) is 2.73. The molecule has 0 unspecified atom stereocenters. The minimum Gasteiger partial charge on any atom is -0.478 e. The number of aromatic nitrogens is 2. The lowest BCUT2D eigenvalue weighted by Gasteiger charge is -2.10. The van der Waals surface area contributed by atoms with Gasteiger partial charge in [-0.15, -0.1) is 0 Å². The van der Waals surface area contributed by atoms with Crippen LogP contribution in [0.3, 0.4) is 0 Å². The summed E-state index contributed by atoms with van der Waals surface area (Å²) in [7, 11) is -4.01. The summed E-state index contributed by atoms with van der Waals surface area (Å²) in [5, 5.41) is 8.87. The van der Waals surface area contributed by atoms with Crippen molar-refractivity contribution in [3.63, 3.8) is 0 Å². The highest BCUT2D eigenvalue weighted by Crippen LogP contribution is 2.28. The van der Waals surface area contributed by atoms with Crippen molar-refractivity contribution in [3.8, 4) is 0 Å². The smallest absolute Gasteiger partial charge is 0.337 e. The Morgan fingerprint density at radius 3 is 2.76 bits per heavy atom. The molecule has 0 aliphatic carbocycles. The second-order valence-electron chi connectivity index (χ2n) is 4.12. The van der Waals surface area contributed by atoms with E-state index in [9.17, 15) is 13.2 Å². The van der Waals surface area contributed by atoms with Crippen LogP contribution >= 0.6 is 11.6 Å². The minimum atomic E-state index is -4.01. The fourth-order valence-electron chi connectivity index (χ4n) is 1.64. The third kappa shape index (κ3) is 3.17. The second-order valence-corrected chi connectivity index (χ2v) is 6.15. The summed E-state index contributed by atoms with van der Waals surface area (Å²) in [4.78, 5) is 14.9. The van der Waals surface area contributed by atoms with E-state index in [2.05, 4.69) is 9.71 Å². The molecule has 1 heterocycles. The average Bonchev–Trinajstić information content (AvgIpc) is 2.90. The van der Waals surface area contributed by atoms with E-state index in [-0.39, 0.29) is 21.3 Å². The van der Waals surface area contributed by atoms with E-state index in [4.69, 9.17) is 16.7 Å². The summed E-state index contributed by atoms with van der Waals surface area (Å²) in [6.45, 7) is 2.40. The number of aryl methyl sites for hydroxylation is 1. The number of nitrogens with one attached hydrogen (secondary N) is 1. The molecule has 0 atom stereocenters. The monoisotopic (exact) mass is 329 g/mol. The van der Waals surface area contributed by atoms with Crippen molar-refractivity contribution in [2.24, 2.45) is 0 Å². The molecule has 112 valence electrons. The summed E-state index contributed by atoms with van der Waals surface area (Å²) in [6, 6.07) is 4.09. The number of benzene rings is 1. The van der Waals surface area contributed by atoms with Crippen molar-refractivity contribution in [3.05, 3.63) is 41.3 Å². The van der Waals surface area contributed by atoms with Crippen molar-refractivity contribution in [2.75, 3.05) is 4.72 Å². The van der Waals surface area contributed by atoms with Gasteiger partial charge in [0.1, 0.15) is 0 Å². The second kappa shape index (κ2) is 5.74. The highest BCUT2D eigenvalue weighted by atomic mass is 35.5. The first-order chi connectivity index (χ1) is 9.85. The van der Waals surface area contributed by atoms with Crippen LogP contribution in [0.2, 0.25) is 5.02 Å². The van der Waals surface area contributed by atoms with Gasteiger partial charge in [-0.3, -0.25) is 4.72 Å². The third-order valence-corrected chi connectivity index (χ3v) is 4.28. The van der Waals surface area contributed by atoms with Crippen LogP contribution in [-0.4, -0.2) is 29.0 Å². The van der Waals surface area contributed by atoms with E-state index < -0.39 is 16.0 Å². The Balaban J connectivity index is 2.44. The molecule has 2 aromatic rings. The molecule has 0 bridgehead atoms. The Bertz CT molecular complexity index is 786. The largest absolute Gasteiger partial charge is 0.478 e. The number of sulfonamides is 1. The Kier molecular flexibility index (Phi) is 4.19. The predicted octanol–water partition coefficient (Wildman–Crippen LogP) is 2.06. The number of rotatable bonds is 5. The van der Waals surface area contributed by atoms with Gasteiger partial charge in [-0.2, -0.15) is 8.42 Å². The SMILES string of the molecule is CCn1cnc(S(=O)(=O)Nc2c(Cl)cccc2C(=O)O)c1. The lowest BCUT2D eigenvalue weighted by molar-refractivity contribution is 0.0698. The molecule has 0 radical (unpaired) electrons. The Hall–Kier alpha value is -2.06. The van der Waals surface area contributed by atoms with Crippen LogP contribution in [0.1, 0.15) is 17.3 Å². The molecule has 21 heavy (non-hydrogen) atoms. The molecular formula is C12H12ClN3O4S. The molecule has 1 aromatic carbocycles. The van der Waals surface area contributed by atoms with Crippen molar-refractivity contribution in [1.29, 1.82) is 0 Å². The normalized spacial score (nSPS) is 11.3. The molecule has 0 amide bonds. The van der Waals surface area contributed by atoms with Gasteiger partial charge < -0.3 is 9.67 Å². The van der Waals surface area contributed by atoms with Crippen molar-refractivity contribution in [2.45, 2.75) is 18.5 Å². The molecule has 1 aromatic heterocycles. The number of imidazole rings is 1. The lowest BCUT2D eigenvalue weighted by Crippen LogP contribution is -2.16. The van der Waals surface area contributed by atoms with Crippen LogP contribution in [0.5, 0.6) is 0 Å². The van der Waals surface area contributed by atoms with Crippen LogP contribution in [0.4, 0.5) is 5.69 Å². The quantitative estimate of drug-likeness (QED) is 0.874. The molecule has 0 aliphatic heterocycles. The van der Waals surface area contributed by atoms with E-state index in [0.29, 0.717) is 6.54 Å². The zero-order chi connectivity index (χ0) is 15.6.